The summed E-state index contributed by atoms with van der Waals surface area (Å²) < 4.78 is 0. The van der Waals surface area contributed by atoms with E-state index in [0.717, 1.165) is 10.5 Å². The zero-order chi connectivity index (χ0) is 16.3. The van der Waals surface area contributed by atoms with Crippen molar-refractivity contribution in [2.24, 2.45) is 5.73 Å². The van der Waals surface area contributed by atoms with Crippen LogP contribution in [0, 0.1) is 0 Å². The van der Waals surface area contributed by atoms with Crippen LogP contribution >= 0.6 is 0 Å². The Kier molecular flexibility index (Phi) is 4.79. The van der Waals surface area contributed by atoms with Crippen molar-refractivity contribution < 1.29 is 24.9 Å². The highest BCUT2D eigenvalue weighted by Crippen LogP contribution is 2.23. The fourth-order valence-electron chi connectivity index (χ4n) is 2.36. The lowest BCUT2D eigenvalue weighted by molar-refractivity contribution is -0.140. The van der Waals surface area contributed by atoms with Crippen LogP contribution < -0.4 is 5.73 Å². The van der Waals surface area contributed by atoms with E-state index in [2.05, 4.69) is 0 Å². The highest BCUT2D eigenvalue weighted by atomic mass is 16.3. The molecule has 2 rings (SSSR count). The van der Waals surface area contributed by atoms with Crippen molar-refractivity contribution in [1.82, 2.24) is 4.90 Å². The lowest BCUT2D eigenvalue weighted by atomic mass is 10.1. The van der Waals surface area contributed by atoms with Crippen LogP contribution in [0.4, 0.5) is 0 Å². The second kappa shape index (κ2) is 6.59. The van der Waals surface area contributed by atoms with Crippen LogP contribution in [0.2, 0.25) is 0 Å². The van der Waals surface area contributed by atoms with E-state index < -0.39 is 35.5 Å². The molecule has 1 aliphatic heterocycles. The lowest BCUT2D eigenvalue weighted by Crippen LogP contribution is -2.41. The number of primary amides is 1. The standard InChI is InChI=1S/C15H18N2O5/c16-14(21)12-13(20)11(19)8-17(12)15(22)10(18)7-6-9-4-2-1-3-5-9/h1-5,10-11,18-20H,6-8H2,(H2,16,21)/t10-,11+/m1/s1. The molecular formula is C15H18N2O5. The first kappa shape index (κ1) is 16.0. The van der Waals surface area contributed by atoms with Gasteiger partial charge in [0.15, 0.2) is 5.76 Å². The summed E-state index contributed by atoms with van der Waals surface area (Å²) in [5, 5.41) is 29.1. The minimum absolute atomic E-state index is 0.155. The third-order valence-corrected chi connectivity index (χ3v) is 3.52. The van der Waals surface area contributed by atoms with Gasteiger partial charge in [0.25, 0.3) is 11.8 Å². The zero-order valence-electron chi connectivity index (χ0n) is 11.8. The number of β-amino-alcohol motifs (C(OH)–C–C–N with tert-alkyl or cyclic N) is 1. The molecule has 0 radical (unpaired) electrons. The molecule has 2 amide bonds. The Balaban J connectivity index is 2.03. The second-order valence-electron chi connectivity index (χ2n) is 5.10. The molecule has 1 heterocycles. The smallest absolute Gasteiger partial charge is 0.269 e. The summed E-state index contributed by atoms with van der Waals surface area (Å²) in [6, 6.07) is 9.32. The fraction of sp³-hybridized carbons (Fsp3) is 0.333. The van der Waals surface area contributed by atoms with Crippen molar-refractivity contribution in [2.75, 3.05) is 6.54 Å². The molecule has 7 heteroatoms. The van der Waals surface area contributed by atoms with Gasteiger partial charge in [0.05, 0.1) is 6.54 Å². The van der Waals surface area contributed by atoms with E-state index in [1.54, 1.807) is 0 Å². The average molecular weight is 306 g/mol. The maximum Gasteiger partial charge on any atom is 0.269 e. The van der Waals surface area contributed by atoms with Crippen LogP contribution in [-0.2, 0) is 16.0 Å². The van der Waals surface area contributed by atoms with Crippen LogP contribution in [0.25, 0.3) is 0 Å². The van der Waals surface area contributed by atoms with Gasteiger partial charge in [0.2, 0.25) is 0 Å². The predicted molar refractivity (Wildman–Crippen MR) is 77.3 cm³/mol. The Bertz CT molecular complexity index is 599. The number of amides is 2. The molecule has 1 aliphatic rings. The Morgan fingerprint density at radius 1 is 1.32 bits per heavy atom. The number of nitrogens with zero attached hydrogens (tertiary/aromatic N) is 1. The molecule has 0 bridgehead atoms. The Morgan fingerprint density at radius 2 is 1.95 bits per heavy atom. The van der Waals surface area contributed by atoms with Gasteiger partial charge in [-0.1, -0.05) is 30.3 Å². The molecule has 22 heavy (non-hydrogen) atoms. The monoisotopic (exact) mass is 306 g/mol. The first-order valence-corrected chi connectivity index (χ1v) is 6.86. The number of nitrogens with two attached hydrogens (primary N) is 1. The Morgan fingerprint density at radius 3 is 2.55 bits per heavy atom. The molecule has 1 aromatic rings. The molecular weight excluding hydrogens is 288 g/mol. The second-order valence-corrected chi connectivity index (χ2v) is 5.10. The summed E-state index contributed by atoms with van der Waals surface area (Å²) in [6.07, 6.45) is -2.09. The number of carbonyl (C=O) groups is 2. The highest BCUT2D eigenvalue weighted by Gasteiger charge is 2.38. The number of aliphatic hydroxyl groups is 3. The molecule has 0 spiro atoms. The average Bonchev–Trinajstić information content (AvgIpc) is 2.80. The van der Waals surface area contributed by atoms with Gasteiger partial charge in [-0.05, 0) is 18.4 Å². The Hall–Kier alpha value is -2.38. The predicted octanol–water partition coefficient (Wildman–Crippen LogP) is -0.562. The van der Waals surface area contributed by atoms with E-state index in [9.17, 15) is 24.9 Å². The van der Waals surface area contributed by atoms with Gasteiger partial charge in [-0.25, -0.2) is 0 Å². The molecule has 2 atom stereocenters. The molecule has 0 aromatic heterocycles. The van der Waals surface area contributed by atoms with Crippen LogP contribution in [-0.4, -0.2) is 50.8 Å². The zero-order valence-corrected chi connectivity index (χ0v) is 11.8. The highest BCUT2D eigenvalue weighted by molar-refractivity contribution is 5.98. The van der Waals surface area contributed by atoms with E-state index in [4.69, 9.17) is 5.73 Å². The van der Waals surface area contributed by atoms with Gasteiger partial charge in [-0.3, -0.25) is 14.5 Å². The summed E-state index contributed by atoms with van der Waals surface area (Å²) in [5.41, 5.74) is 5.60. The first-order chi connectivity index (χ1) is 10.4. The minimum Gasteiger partial charge on any atom is -0.507 e. The molecule has 7 nitrogen and oxygen atoms in total. The largest absolute Gasteiger partial charge is 0.507 e. The molecule has 0 aliphatic carbocycles. The number of hydrogen-bond acceptors (Lipinski definition) is 5. The molecule has 1 aromatic carbocycles. The van der Waals surface area contributed by atoms with E-state index in [1.165, 1.54) is 0 Å². The van der Waals surface area contributed by atoms with Crippen molar-refractivity contribution in [3.63, 3.8) is 0 Å². The van der Waals surface area contributed by atoms with Crippen LogP contribution in [0.5, 0.6) is 0 Å². The molecule has 0 saturated heterocycles. The summed E-state index contributed by atoms with van der Waals surface area (Å²) in [5.74, 6) is -2.44. The number of hydrogen-bond donors (Lipinski definition) is 4. The fourth-order valence-corrected chi connectivity index (χ4v) is 2.36. The lowest BCUT2D eigenvalue weighted by Gasteiger charge is -2.21. The number of aliphatic hydroxyl groups excluding tert-OH is 3. The normalized spacial score (nSPS) is 19.4. The SMILES string of the molecule is NC(=O)C1=C(O)[C@@H](O)CN1C(=O)[C@H](O)CCc1ccccc1. The van der Waals surface area contributed by atoms with E-state index >= 15 is 0 Å². The Labute approximate surface area is 127 Å². The number of carbonyl (C=O) groups excluding carboxylic acids is 2. The summed E-state index contributed by atoms with van der Waals surface area (Å²) in [6.45, 7) is -0.300. The van der Waals surface area contributed by atoms with E-state index in [1.807, 2.05) is 30.3 Å². The molecule has 5 N–H and O–H groups in total. The van der Waals surface area contributed by atoms with Gasteiger partial charge in [-0.15, -0.1) is 0 Å². The summed E-state index contributed by atoms with van der Waals surface area (Å²) >= 11 is 0. The topological polar surface area (TPSA) is 124 Å². The maximum absolute atomic E-state index is 12.2. The van der Waals surface area contributed by atoms with Crippen LogP contribution in [0.3, 0.4) is 0 Å². The van der Waals surface area contributed by atoms with Gasteiger partial charge in [-0.2, -0.15) is 0 Å². The molecule has 0 unspecified atom stereocenters. The summed E-state index contributed by atoms with van der Waals surface area (Å²) in [4.78, 5) is 24.3. The summed E-state index contributed by atoms with van der Waals surface area (Å²) in [7, 11) is 0. The minimum atomic E-state index is -1.37. The van der Waals surface area contributed by atoms with E-state index in [-0.39, 0.29) is 13.0 Å². The van der Waals surface area contributed by atoms with Crippen molar-refractivity contribution in [3.8, 4) is 0 Å². The number of benzene rings is 1. The first-order valence-electron chi connectivity index (χ1n) is 6.86. The third-order valence-electron chi connectivity index (χ3n) is 3.52. The quantitative estimate of drug-likeness (QED) is 0.580. The van der Waals surface area contributed by atoms with Crippen molar-refractivity contribution >= 4 is 11.8 Å². The van der Waals surface area contributed by atoms with E-state index in [0.29, 0.717) is 6.42 Å². The van der Waals surface area contributed by atoms with Crippen LogP contribution in [0.15, 0.2) is 41.8 Å². The third kappa shape index (κ3) is 3.26. The number of aryl methyl sites for hydroxylation is 1. The van der Waals surface area contributed by atoms with Crippen molar-refractivity contribution in [3.05, 3.63) is 47.4 Å². The molecule has 0 fully saturated rings. The molecule has 0 saturated carbocycles. The van der Waals surface area contributed by atoms with Gasteiger partial charge in [0.1, 0.15) is 17.9 Å². The van der Waals surface area contributed by atoms with Crippen molar-refractivity contribution in [2.45, 2.75) is 25.0 Å². The van der Waals surface area contributed by atoms with Gasteiger partial charge >= 0.3 is 0 Å². The van der Waals surface area contributed by atoms with Gasteiger partial charge in [0, 0.05) is 0 Å². The van der Waals surface area contributed by atoms with Crippen LogP contribution in [0.1, 0.15) is 12.0 Å². The number of rotatable bonds is 5. The van der Waals surface area contributed by atoms with Crippen molar-refractivity contribution in [1.29, 1.82) is 0 Å². The van der Waals surface area contributed by atoms with Gasteiger partial charge < -0.3 is 21.1 Å². The molecule has 118 valence electrons. The maximum atomic E-state index is 12.2.